The molecule has 0 aromatic rings. The van der Waals surface area contributed by atoms with Crippen LogP contribution in [0.25, 0.3) is 0 Å². The Bertz CT molecular complexity index is 202. The van der Waals surface area contributed by atoms with E-state index in [1.54, 1.807) is 11.9 Å². The van der Waals surface area contributed by atoms with Crippen LogP contribution in [-0.2, 0) is 14.3 Å². The Morgan fingerprint density at radius 1 is 1.42 bits per heavy atom. The maximum atomic E-state index is 10.5. The van der Waals surface area contributed by atoms with Crippen LogP contribution in [0.1, 0.15) is 0 Å². The van der Waals surface area contributed by atoms with E-state index >= 15 is 0 Å². The monoisotopic (exact) mass is 197 g/mol. The van der Waals surface area contributed by atoms with Gasteiger partial charge in [-0.15, -0.1) is 0 Å². The Kier molecular flexibility index (Phi) is 5.39. The predicted molar refractivity (Wildman–Crippen MR) is 45.4 cm³/mol. The second-order valence-corrected chi connectivity index (χ2v) is 4.20. The molecule has 0 bridgehead atoms. The molecular formula is C6H15NO4S. The third kappa shape index (κ3) is 7.93. The van der Waals surface area contributed by atoms with E-state index in [1.165, 1.54) is 0 Å². The van der Waals surface area contributed by atoms with Crippen molar-refractivity contribution in [3.8, 4) is 0 Å². The van der Waals surface area contributed by atoms with Crippen molar-refractivity contribution in [2.24, 2.45) is 0 Å². The van der Waals surface area contributed by atoms with Crippen LogP contribution >= 0.6 is 0 Å². The number of hydrogen-bond acceptors (Lipinski definition) is 5. The summed E-state index contributed by atoms with van der Waals surface area (Å²) < 4.78 is 25.5. The molecule has 0 aromatic carbocycles. The minimum atomic E-state index is -3.32. The number of likely N-dealkylation sites (N-methyl/N-ethyl adjacent to an activating group) is 1. The van der Waals surface area contributed by atoms with Crippen molar-refractivity contribution >= 4 is 10.1 Å². The van der Waals surface area contributed by atoms with E-state index < -0.39 is 10.1 Å². The molecule has 0 atom stereocenters. The Morgan fingerprint density at radius 2 is 2.00 bits per heavy atom. The van der Waals surface area contributed by atoms with E-state index in [9.17, 15) is 8.42 Å². The Hall–Kier alpha value is -0.170. The zero-order chi connectivity index (χ0) is 9.61. The van der Waals surface area contributed by atoms with Gasteiger partial charge < -0.3 is 10.0 Å². The zero-order valence-electron chi connectivity index (χ0n) is 7.36. The maximum absolute atomic E-state index is 10.5. The van der Waals surface area contributed by atoms with E-state index in [2.05, 4.69) is 4.18 Å². The molecule has 0 aliphatic rings. The first kappa shape index (κ1) is 11.8. The first-order valence-corrected chi connectivity index (χ1v) is 5.41. The average molecular weight is 197 g/mol. The quantitative estimate of drug-likeness (QED) is 0.547. The average Bonchev–Trinajstić information content (AvgIpc) is 1.84. The maximum Gasteiger partial charge on any atom is 0.264 e. The molecule has 74 valence electrons. The van der Waals surface area contributed by atoms with Crippen molar-refractivity contribution < 1.29 is 17.7 Å². The highest BCUT2D eigenvalue weighted by Gasteiger charge is 2.02. The summed E-state index contributed by atoms with van der Waals surface area (Å²) in [7, 11) is -1.54. The van der Waals surface area contributed by atoms with E-state index in [4.69, 9.17) is 5.11 Å². The van der Waals surface area contributed by atoms with Gasteiger partial charge >= 0.3 is 0 Å². The van der Waals surface area contributed by atoms with Gasteiger partial charge in [-0.3, -0.25) is 4.18 Å². The lowest BCUT2D eigenvalue weighted by Crippen LogP contribution is -2.26. The van der Waals surface area contributed by atoms with Crippen molar-refractivity contribution in [1.82, 2.24) is 4.90 Å². The lowest BCUT2D eigenvalue weighted by molar-refractivity contribution is 0.195. The van der Waals surface area contributed by atoms with Crippen LogP contribution in [0.15, 0.2) is 0 Å². The topological polar surface area (TPSA) is 66.8 Å². The van der Waals surface area contributed by atoms with E-state index in [-0.39, 0.29) is 13.2 Å². The van der Waals surface area contributed by atoms with E-state index in [0.717, 1.165) is 6.26 Å². The van der Waals surface area contributed by atoms with Crippen molar-refractivity contribution in [1.29, 1.82) is 0 Å². The van der Waals surface area contributed by atoms with Crippen molar-refractivity contribution in [2.45, 2.75) is 0 Å². The fourth-order valence-corrected chi connectivity index (χ4v) is 1.00. The predicted octanol–water partition coefficient (Wildman–Crippen LogP) is -1.11. The lowest BCUT2D eigenvalue weighted by atomic mass is 10.5. The summed E-state index contributed by atoms with van der Waals surface area (Å²) in [5, 5.41) is 8.50. The SMILES string of the molecule is CN(CCO)CCOS(C)(=O)=O. The summed E-state index contributed by atoms with van der Waals surface area (Å²) in [6, 6.07) is 0. The molecular weight excluding hydrogens is 182 g/mol. The molecule has 0 radical (unpaired) electrons. The van der Waals surface area contributed by atoms with E-state index in [0.29, 0.717) is 13.1 Å². The van der Waals surface area contributed by atoms with Gasteiger partial charge in [0.1, 0.15) is 0 Å². The number of nitrogens with zero attached hydrogens (tertiary/aromatic N) is 1. The number of aliphatic hydroxyl groups is 1. The number of hydrogen-bond donors (Lipinski definition) is 1. The summed E-state index contributed by atoms with van der Waals surface area (Å²) in [4.78, 5) is 1.78. The molecule has 0 fully saturated rings. The Balaban J connectivity index is 3.44. The molecule has 6 heteroatoms. The highest BCUT2D eigenvalue weighted by atomic mass is 32.2. The van der Waals surface area contributed by atoms with Gasteiger partial charge in [-0.1, -0.05) is 0 Å². The molecule has 0 saturated carbocycles. The lowest BCUT2D eigenvalue weighted by Gasteiger charge is -2.13. The van der Waals surface area contributed by atoms with Gasteiger partial charge in [-0.05, 0) is 7.05 Å². The van der Waals surface area contributed by atoms with Crippen molar-refractivity contribution in [3.05, 3.63) is 0 Å². The molecule has 5 nitrogen and oxygen atoms in total. The van der Waals surface area contributed by atoms with Crippen LogP contribution < -0.4 is 0 Å². The van der Waals surface area contributed by atoms with Crippen LogP contribution in [-0.4, -0.2) is 58.0 Å². The highest BCUT2D eigenvalue weighted by molar-refractivity contribution is 7.85. The standard InChI is InChI=1S/C6H15NO4S/c1-7(3-5-8)4-6-11-12(2,9)10/h8H,3-6H2,1-2H3. The molecule has 0 aliphatic carbocycles. The van der Waals surface area contributed by atoms with E-state index in [1.807, 2.05) is 0 Å². The first-order chi connectivity index (χ1) is 5.45. The van der Waals surface area contributed by atoms with Crippen LogP contribution in [0.2, 0.25) is 0 Å². The Labute approximate surface area is 73.1 Å². The molecule has 0 heterocycles. The summed E-state index contributed by atoms with van der Waals surface area (Å²) in [6.45, 7) is 1.21. The van der Waals surface area contributed by atoms with Crippen LogP contribution in [0, 0.1) is 0 Å². The van der Waals surface area contributed by atoms with Gasteiger partial charge in [0.05, 0.1) is 19.5 Å². The number of rotatable bonds is 6. The van der Waals surface area contributed by atoms with Crippen LogP contribution in [0.4, 0.5) is 0 Å². The number of aliphatic hydroxyl groups excluding tert-OH is 1. The fourth-order valence-electron chi connectivity index (χ4n) is 0.627. The second kappa shape index (κ2) is 5.47. The summed E-state index contributed by atoms with van der Waals surface area (Å²) in [5.74, 6) is 0. The van der Waals surface area contributed by atoms with Gasteiger partial charge in [0, 0.05) is 13.1 Å². The normalized spacial score (nSPS) is 12.3. The first-order valence-electron chi connectivity index (χ1n) is 3.59. The molecule has 0 amide bonds. The minimum Gasteiger partial charge on any atom is -0.395 e. The minimum absolute atomic E-state index is 0.0649. The molecule has 0 aromatic heterocycles. The molecule has 0 saturated heterocycles. The summed E-state index contributed by atoms with van der Waals surface area (Å²) in [6.07, 6.45) is 1.01. The zero-order valence-corrected chi connectivity index (χ0v) is 8.17. The molecule has 0 unspecified atom stereocenters. The van der Waals surface area contributed by atoms with Gasteiger partial charge in [0.25, 0.3) is 10.1 Å². The molecule has 0 spiro atoms. The molecule has 1 N–H and O–H groups in total. The summed E-state index contributed by atoms with van der Waals surface area (Å²) >= 11 is 0. The largest absolute Gasteiger partial charge is 0.395 e. The molecule has 0 aliphatic heterocycles. The second-order valence-electron chi connectivity index (χ2n) is 2.55. The third-order valence-corrected chi connectivity index (χ3v) is 1.85. The van der Waals surface area contributed by atoms with Gasteiger partial charge in [0.2, 0.25) is 0 Å². The van der Waals surface area contributed by atoms with Gasteiger partial charge in [0.15, 0.2) is 0 Å². The summed E-state index contributed by atoms with van der Waals surface area (Å²) in [5.41, 5.74) is 0. The smallest absolute Gasteiger partial charge is 0.264 e. The fraction of sp³-hybridized carbons (Fsp3) is 1.00. The van der Waals surface area contributed by atoms with Gasteiger partial charge in [-0.25, -0.2) is 0 Å². The Morgan fingerprint density at radius 3 is 2.42 bits per heavy atom. The van der Waals surface area contributed by atoms with Crippen molar-refractivity contribution in [2.75, 3.05) is 39.6 Å². The van der Waals surface area contributed by atoms with Crippen LogP contribution in [0.5, 0.6) is 0 Å². The van der Waals surface area contributed by atoms with Crippen molar-refractivity contribution in [3.63, 3.8) is 0 Å². The molecule has 12 heavy (non-hydrogen) atoms. The third-order valence-electron chi connectivity index (χ3n) is 1.25. The van der Waals surface area contributed by atoms with Crippen LogP contribution in [0.3, 0.4) is 0 Å². The van der Waals surface area contributed by atoms with Gasteiger partial charge in [-0.2, -0.15) is 8.42 Å². The highest BCUT2D eigenvalue weighted by Crippen LogP contribution is 1.88. The molecule has 0 rings (SSSR count).